The Morgan fingerprint density at radius 3 is 2.46 bits per heavy atom. The number of piperazine rings is 1. The molecule has 1 heterocycles. The summed E-state index contributed by atoms with van der Waals surface area (Å²) in [7, 11) is 4.97. The highest BCUT2D eigenvalue weighted by Crippen LogP contribution is 2.27. The maximum Gasteiger partial charge on any atom is 0.317 e. The third kappa shape index (κ3) is 6.07. The van der Waals surface area contributed by atoms with Gasteiger partial charge in [0, 0.05) is 53.0 Å². The van der Waals surface area contributed by atoms with Crippen LogP contribution in [0.2, 0.25) is 0 Å². The van der Waals surface area contributed by atoms with Crippen LogP contribution in [0.5, 0.6) is 11.5 Å². The largest absolute Gasteiger partial charge is 0.493 e. The summed E-state index contributed by atoms with van der Waals surface area (Å²) in [6, 6.07) is 5.84. The lowest BCUT2D eigenvalue weighted by Crippen LogP contribution is -2.52. The van der Waals surface area contributed by atoms with E-state index in [4.69, 9.17) is 14.2 Å². The van der Waals surface area contributed by atoms with E-state index in [2.05, 4.69) is 10.2 Å². The molecule has 0 bridgehead atoms. The highest BCUT2D eigenvalue weighted by Gasteiger charge is 2.20. The normalized spacial score (nSPS) is 15.0. The van der Waals surface area contributed by atoms with Gasteiger partial charge in [-0.1, -0.05) is 6.07 Å². The molecule has 0 aromatic heterocycles. The molecule has 0 spiro atoms. The number of carbonyl (C=O) groups excluding carboxylic acids is 1. The molecule has 26 heavy (non-hydrogen) atoms. The topological polar surface area (TPSA) is 63.3 Å². The van der Waals surface area contributed by atoms with E-state index in [-0.39, 0.29) is 6.03 Å². The lowest BCUT2D eigenvalue weighted by atomic mass is 10.1. The highest BCUT2D eigenvalue weighted by molar-refractivity contribution is 5.74. The molecule has 1 aliphatic rings. The summed E-state index contributed by atoms with van der Waals surface area (Å²) in [5.41, 5.74) is 1.10. The van der Waals surface area contributed by atoms with Gasteiger partial charge < -0.3 is 24.4 Å². The van der Waals surface area contributed by atoms with Crippen LogP contribution in [-0.4, -0.2) is 83.0 Å². The summed E-state index contributed by atoms with van der Waals surface area (Å²) in [5.74, 6) is 1.42. The van der Waals surface area contributed by atoms with E-state index in [1.807, 2.05) is 23.1 Å². The van der Waals surface area contributed by atoms with Crippen LogP contribution in [0.1, 0.15) is 12.0 Å². The minimum Gasteiger partial charge on any atom is -0.493 e. The van der Waals surface area contributed by atoms with E-state index in [9.17, 15) is 4.79 Å². The first-order valence-corrected chi connectivity index (χ1v) is 9.13. The fourth-order valence-electron chi connectivity index (χ4n) is 3.07. The first kappa shape index (κ1) is 20.3. The van der Waals surface area contributed by atoms with Crippen LogP contribution in [0, 0.1) is 0 Å². The van der Waals surface area contributed by atoms with Crippen LogP contribution in [-0.2, 0) is 11.2 Å². The van der Waals surface area contributed by atoms with Gasteiger partial charge in [0.25, 0.3) is 0 Å². The average molecular weight is 365 g/mol. The van der Waals surface area contributed by atoms with E-state index in [0.717, 1.165) is 57.7 Å². The van der Waals surface area contributed by atoms with Gasteiger partial charge in [-0.25, -0.2) is 4.79 Å². The molecule has 0 unspecified atom stereocenters. The Morgan fingerprint density at radius 2 is 1.81 bits per heavy atom. The van der Waals surface area contributed by atoms with Crippen molar-refractivity contribution < 1.29 is 19.0 Å². The van der Waals surface area contributed by atoms with Gasteiger partial charge in [0.2, 0.25) is 0 Å². The standard InChI is InChI=1S/C19H31N3O4/c1-24-14-4-9-21-10-12-22(13-11-21)19(23)20-8-7-16-5-6-17(25-2)18(15-16)26-3/h5-6,15H,4,7-14H2,1-3H3,(H,20,23). The van der Waals surface area contributed by atoms with E-state index in [1.54, 1.807) is 21.3 Å². The van der Waals surface area contributed by atoms with Crippen molar-refractivity contribution in [2.24, 2.45) is 0 Å². The molecule has 2 amide bonds. The van der Waals surface area contributed by atoms with Crippen molar-refractivity contribution in [3.63, 3.8) is 0 Å². The van der Waals surface area contributed by atoms with Crippen molar-refractivity contribution in [2.75, 3.05) is 67.2 Å². The first-order chi connectivity index (χ1) is 12.7. The molecule has 0 saturated carbocycles. The summed E-state index contributed by atoms with van der Waals surface area (Å²) in [6.07, 6.45) is 1.79. The Morgan fingerprint density at radius 1 is 1.08 bits per heavy atom. The molecule has 7 heteroatoms. The molecular weight excluding hydrogens is 334 g/mol. The number of hydrogen-bond acceptors (Lipinski definition) is 5. The molecule has 146 valence electrons. The number of hydrogen-bond donors (Lipinski definition) is 1. The number of nitrogens with zero attached hydrogens (tertiary/aromatic N) is 2. The second kappa shape index (κ2) is 10.9. The molecule has 0 aliphatic carbocycles. The molecule has 1 aromatic rings. The van der Waals surface area contributed by atoms with Crippen LogP contribution < -0.4 is 14.8 Å². The number of ether oxygens (including phenoxy) is 3. The average Bonchev–Trinajstić information content (AvgIpc) is 2.68. The maximum atomic E-state index is 12.3. The number of rotatable bonds is 9. The van der Waals surface area contributed by atoms with Gasteiger partial charge in [0.05, 0.1) is 14.2 Å². The number of methoxy groups -OCH3 is 3. The number of amides is 2. The van der Waals surface area contributed by atoms with Gasteiger partial charge in [-0.2, -0.15) is 0 Å². The van der Waals surface area contributed by atoms with Gasteiger partial charge in [0.15, 0.2) is 11.5 Å². The Bertz CT molecular complexity index is 560. The zero-order chi connectivity index (χ0) is 18.8. The van der Waals surface area contributed by atoms with Gasteiger partial charge >= 0.3 is 6.03 Å². The SMILES string of the molecule is COCCCN1CCN(C(=O)NCCc2ccc(OC)c(OC)c2)CC1. The van der Waals surface area contributed by atoms with Crippen LogP contribution in [0.15, 0.2) is 18.2 Å². The number of benzene rings is 1. The minimum atomic E-state index is 0.0158. The highest BCUT2D eigenvalue weighted by atomic mass is 16.5. The Balaban J connectivity index is 1.69. The molecule has 7 nitrogen and oxygen atoms in total. The number of nitrogens with one attached hydrogen (secondary N) is 1. The molecular formula is C19H31N3O4. The summed E-state index contributed by atoms with van der Waals surface area (Å²) < 4.78 is 15.6. The summed E-state index contributed by atoms with van der Waals surface area (Å²) >= 11 is 0. The quantitative estimate of drug-likeness (QED) is 0.674. The minimum absolute atomic E-state index is 0.0158. The van der Waals surface area contributed by atoms with Crippen LogP contribution in [0.4, 0.5) is 4.79 Å². The van der Waals surface area contributed by atoms with Gasteiger partial charge in [0.1, 0.15) is 0 Å². The first-order valence-electron chi connectivity index (χ1n) is 9.13. The Hall–Kier alpha value is -1.99. The molecule has 1 fully saturated rings. The predicted molar refractivity (Wildman–Crippen MR) is 101 cm³/mol. The van der Waals surface area contributed by atoms with Crippen molar-refractivity contribution in [1.29, 1.82) is 0 Å². The molecule has 1 N–H and O–H groups in total. The second-order valence-corrected chi connectivity index (χ2v) is 6.35. The lowest BCUT2D eigenvalue weighted by Gasteiger charge is -2.34. The van der Waals surface area contributed by atoms with Crippen LogP contribution >= 0.6 is 0 Å². The predicted octanol–water partition coefficient (Wildman–Crippen LogP) is 1.61. The van der Waals surface area contributed by atoms with E-state index >= 15 is 0 Å². The molecule has 1 aliphatic heterocycles. The summed E-state index contributed by atoms with van der Waals surface area (Å²) in [4.78, 5) is 16.6. The third-order valence-corrected chi connectivity index (χ3v) is 4.62. The van der Waals surface area contributed by atoms with E-state index in [0.29, 0.717) is 18.0 Å². The van der Waals surface area contributed by atoms with Gasteiger partial charge in [-0.05, 0) is 30.5 Å². The molecule has 0 atom stereocenters. The second-order valence-electron chi connectivity index (χ2n) is 6.35. The molecule has 1 aromatic carbocycles. The fourth-order valence-corrected chi connectivity index (χ4v) is 3.07. The number of carbonyl (C=O) groups is 1. The van der Waals surface area contributed by atoms with Crippen LogP contribution in [0.3, 0.4) is 0 Å². The van der Waals surface area contributed by atoms with E-state index < -0.39 is 0 Å². The Labute approximate surface area is 156 Å². The smallest absolute Gasteiger partial charge is 0.317 e. The number of urea groups is 1. The Kier molecular flexibility index (Phi) is 8.50. The zero-order valence-corrected chi connectivity index (χ0v) is 16.1. The van der Waals surface area contributed by atoms with Gasteiger partial charge in [-0.3, -0.25) is 4.90 Å². The van der Waals surface area contributed by atoms with Crippen LogP contribution in [0.25, 0.3) is 0 Å². The monoisotopic (exact) mass is 365 g/mol. The zero-order valence-electron chi connectivity index (χ0n) is 16.1. The maximum absolute atomic E-state index is 12.3. The molecule has 2 rings (SSSR count). The van der Waals surface area contributed by atoms with Crippen molar-refractivity contribution in [3.8, 4) is 11.5 Å². The molecule has 1 saturated heterocycles. The third-order valence-electron chi connectivity index (χ3n) is 4.62. The van der Waals surface area contributed by atoms with Crippen molar-refractivity contribution in [1.82, 2.24) is 15.1 Å². The van der Waals surface area contributed by atoms with Crippen molar-refractivity contribution in [3.05, 3.63) is 23.8 Å². The van der Waals surface area contributed by atoms with Crippen molar-refractivity contribution in [2.45, 2.75) is 12.8 Å². The van der Waals surface area contributed by atoms with Crippen molar-refractivity contribution >= 4 is 6.03 Å². The summed E-state index contributed by atoms with van der Waals surface area (Å²) in [5, 5.41) is 3.01. The lowest BCUT2D eigenvalue weighted by molar-refractivity contribution is 0.125. The van der Waals surface area contributed by atoms with E-state index in [1.165, 1.54) is 0 Å². The van der Waals surface area contributed by atoms with Gasteiger partial charge in [-0.15, -0.1) is 0 Å². The fraction of sp³-hybridized carbons (Fsp3) is 0.632. The summed E-state index contributed by atoms with van der Waals surface area (Å²) in [6.45, 7) is 5.81. The molecule has 0 radical (unpaired) electrons.